The fourth-order valence-electron chi connectivity index (χ4n) is 0.550. The highest BCUT2D eigenvalue weighted by molar-refractivity contribution is 6.79. The minimum Gasteiger partial charge on any atom is -0.400 e. The Morgan fingerprint density at radius 3 is 2.18 bits per heavy atom. The molecule has 1 atom stereocenters. The van der Waals surface area contributed by atoms with Crippen LogP contribution in [0.5, 0.6) is 0 Å². The van der Waals surface area contributed by atoms with E-state index >= 15 is 0 Å². The lowest BCUT2D eigenvalue weighted by Crippen LogP contribution is -2.35. The van der Waals surface area contributed by atoms with Gasteiger partial charge in [-0.15, -0.1) is 35.2 Å². The molecule has 0 N–H and O–H groups in total. The van der Waals surface area contributed by atoms with E-state index in [-0.39, 0.29) is 6.10 Å². The highest BCUT2D eigenvalue weighted by Crippen LogP contribution is 2.15. The topological polar surface area (TPSA) is 9.23 Å². The molecule has 0 amide bonds. The fourth-order valence-corrected chi connectivity index (χ4v) is 1.96. The largest absolute Gasteiger partial charge is 0.400 e. The van der Waals surface area contributed by atoms with Gasteiger partial charge in [-0.1, -0.05) is 0 Å². The van der Waals surface area contributed by atoms with Gasteiger partial charge in [0.2, 0.25) is 0 Å². The quantitative estimate of drug-likeness (QED) is 0.396. The van der Waals surface area contributed by atoms with Crippen LogP contribution in [-0.2, 0) is 4.43 Å². The van der Waals surface area contributed by atoms with E-state index in [1.54, 1.807) is 0 Å². The predicted molar refractivity (Wildman–Crippen MR) is 52.4 cm³/mol. The molecule has 0 saturated heterocycles. The van der Waals surface area contributed by atoms with E-state index in [0.717, 1.165) is 0 Å². The summed E-state index contributed by atoms with van der Waals surface area (Å²) in [4.78, 5) is -0.505. The van der Waals surface area contributed by atoms with Crippen molar-refractivity contribution in [3.63, 3.8) is 0 Å². The molecule has 0 fully saturated rings. The van der Waals surface area contributed by atoms with Crippen molar-refractivity contribution in [1.82, 2.24) is 0 Å². The highest BCUT2D eigenvalue weighted by Gasteiger charge is 2.24. The van der Waals surface area contributed by atoms with Crippen LogP contribution in [0.4, 0.5) is 0 Å². The van der Waals surface area contributed by atoms with Gasteiger partial charge in [-0.2, -0.15) is 0 Å². The molecule has 0 aliphatic heterocycles. The maximum atomic E-state index is 5.59. The van der Waals surface area contributed by atoms with Crippen LogP contribution in [0.25, 0.3) is 0 Å². The van der Waals surface area contributed by atoms with Gasteiger partial charge in [0.15, 0.2) is 0 Å². The van der Waals surface area contributed by atoms with E-state index in [4.69, 9.17) is 34.1 Å². The molecule has 0 rings (SSSR count). The standard InChI is InChI=1S/C7H12Cl2OSi/c1-5-11(3,4)10-6(2)7(8)9/h1,6-7H,2-4H3. The Bertz CT molecular complexity index is 162. The lowest BCUT2D eigenvalue weighted by atomic mass is 10.5. The molecule has 0 radical (unpaired) electrons. The molecule has 64 valence electrons. The van der Waals surface area contributed by atoms with E-state index in [1.807, 2.05) is 20.0 Å². The Morgan fingerprint density at radius 1 is 1.45 bits per heavy atom. The lowest BCUT2D eigenvalue weighted by molar-refractivity contribution is 0.232. The molecule has 1 nitrogen and oxygen atoms in total. The molecule has 11 heavy (non-hydrogen) atoms. The second-order valence-electron chi connectivity index (χ2n) is 2.81. The third kappa shape index (κ3) is 4.70. The van der Waals surface area contributed by atoms with Gasteiger partial charge in [0, 0.05) is 0 Å². The van der Waals surface area contributed by atoms with E-state index in [9.17, 15) is 0 Å². The monoisotopic (exact) mass is 210 g/mol. The number of hydrogen-bond donors (Lipinski definition) is 0. The van der Waals surface area contributed by atoms with Crippen molar-refractivity contribution in [1.29, 1.82) is 0 Å². The summed E-state index contributed by atoms with van der Waals surface area (Å²) in [5, 5.41) is 0. The number of hydrogen-bond acceptors (Lipinski definition) is 1. The number of alkyl halides is 2. The summed E-state index contributed by atoms with van der Waals surface area (Å²) in [6, 6.07) is 0. The van der Waals surface area contributed by atoms with Crippen molar-refractivity contribution >= 4 is 31.5 Å². The van der Waals surface area contributed by atoms with Crippen molar-refractivity contribution < 1.29 is 4.43 Å². The normalized spacial score (nSPS) is 14.6. The van der Waals surface area contributed by atoms with Crippen molar-refractivity contribution in [3.8, 4) is 12.0 Å². The zero-order chi connectivity index (χ0) is 9.07. The van der Waals surface area contributed by atoms with Gasteiger partial charge in [0.1, 0.15) is 4.84 Å². The number of halogens is 2. The van der Waals surface area contributed by atoms with Crippen LogP contribution >= 0.6 is 23.2 Å². The third-order valence-corrected chi connectivity index (χ3v) is 3.55. The molecule has 0 heterocycles. The zero-order valence-electron chi connectivity index (χ0n) is 6.90. The van der Waals surface area contributed by atoms with Crippen molar-refractivity contribution in [3.05, 3.63) is 0 Å². The van der Waals surface area contributed by atoms with Crippen LogP contribution in [0.2, 0.25) is 13.1 Å². The van der Waals surface area contributed by atoms with Gasteiger partial charge < -0.3 is 4.43 Å². The summed E-state index contributed by atoms with van der Waals surface area (Å²) in [5.74, 6) is 0. The van der Waals surface area contributed by atoms with Crippen LogP contribution in [0, 0.1) is 12.0 Å². The first-order chi connectivity index (χ1) is 4.89. The van der Waals surface area contributed by atoms with Gasteiger partial charge >= 0.3 is 0 Å². The summed E-state index contributed by atoms with van der Waals surface area (Å²) in [6.07, 6.45) is 5.07. The summed E-state index contributed by atoms with van der Waals surface area (Å²) >= 11 is 11.2. The molecule has 0 aromatic rings. The Balaban J connectivity index is 3.96. The van der Waals surface area contributed by atoms with Crippen LogP contribution in [-0.4, -0.2) is 19.3 Å². The molecule has 0 spiro atoms. The molecule has 4 heteroatoms. The Labute approximate surface area is 79.2 Å². The van der Waals surface area contributed by atoms with Crippen LogP contribution in [0.1, 0.15) is 6.92 Å². The average molecular weight is 211 g/mol. The highest BCUT2D eigenvalue weighted by atomic mass is 35.5. The molecule has 0 aromatic heterocycles. The van der Waals surface area contributed by atoms with Gasteiger partial charge in [0.25, 0.3) is 8.32 Å². The van der Waals surface area contributed by atoms with Gasteiger partial charge in [-0.3, -0.25) is 0 Å². The van der Waals surface area contributed by atoms with Gasteiger partial charge in [-0.25, -0.2) is 0 Å². The summed E-state index contributed by atoms with van der Waals surface area (Å²) < 4.78 is 5.49. The van der Waals surface area contributed by atoms with Crippen LogP contribution < -0.4 is 0 Å². The summed E-state index contributed by atoms with van der Waals surface area (Å²) in [5.41, 5.74) is 2.63. The minimum absolute atomic E-state index is 0.184. The SMILES string of the molecule is C#C[Si](C)(C)OC(C)C(Cl)Cl. The van der Waals surface area contributed by atoms with E-state index < -0.39 is 13.2 Å². The van der Waals surface area contributed by atoms with E-state index in [0.29, 0.717) is 0 Å². The second kappa shape index (κ2) is 4.37. The minimum atomic E-state index is -1.94. The molecule has 0 aliphatic carbocycles. The van der Waals surface area contributed by atoms with E-state index in [1.165, 1.54) is 0 Å². The first kappa shape index (κ1) is 11.3. The molecule has 0 saturated carbocycles. The van der Waals surface area contributed by atoms with Gasteiger partial charge in [-0.05, 0) is 20.0 Å². The number of terminal acetylenes is 1. The van der Waals surface area contributed by atoms with Crippen LogP contribution in [0.3, 0.4) is 0 Å². The molecule has 1 unspecified atom stereocenters. The Morgan fingerprint density at radius 2 is 1.91 bits per heavy atom. The molecule has 0 aliphatic rings. The van der Waals surface area contributed by atoms with Crippen LogP contribution in [0.15, 0.2) is 0 Å². The van der Waals surface area contributed by atoms with Crippen molar-refractivity contribution in [2.75, 3.05) is 0 Å². The Kier molecular flexibility index (Phi) is 4.49. The first-order valence-corrected chi connectivity index (χ1v) is 7.11. The fraction of sp³-hybridized carbons (Fsp3) is 0.714. The maximum absolute atomic E-state index is 5.59. The smallest absolute Gasteiger partial charge is 0.266 e. The molecular formula is C7H12Cl2OSi. The zero-order valence-corrected chi connectivity index (χ0v) is 9.41. The maximum Gasteiger partial charge on any atom is 0.266 e. The molecular weight excluding hydrogens is 199 g/mol. The van der Waals surface area contributed by atoms with E-state index in [2.05, 4.69) is 5.54 Å². The summed E-state index contributed by atoms with van der Waals surface area (Å²) in [7, 11) is -1.94. The van der Waals surface area contributed by atoms with Crippen molar-refractivity contribution in [2.45, 2.75) is 31.0 Å². The molecule has 0 bridgehead atoms. The van der Waals surface area contributed by atoms with Gasteiger partial charge in [0.05, 0.1) is 6.10 Å². The third-order valence-electron chi connectivity index (χ3n) is 1.18. The lowest BCUT2D eigenvalue weighted by Gasteiger charge is -2.22. The second-order valence-corrected chi connectivity index (χ2v) is 7.52. The van der Waals surface area contributed by atoms with Crippen molar-refractivity contribution in [2.24, 2.45) is 0 Å². The predicted octanol–water partition coefficient (Wildman–Crippen LogP) is 2.57. The summed E-state index contributed by atoms with van der Waals surface area (Å²) in [6.45, 7) is 5.68. The molecule has 0 aromatic carbocycles. The Hall–Kier alpha value is 0.317. The first-order valence-electron chi connectivity index (χ1n) is 3.33. The average Bonchev–Trinajstić information content (AvgIpc) is 1.87. The number of rotatable bonds is 3.